The number of nitrogens with one attached hydrogen (secondary N) is 1. The fraction of sp³-hybridized carbons (Fsp3) is 0.476. The van der Waals surface area contributed by atoms with Crippen molar-refractivity contribution in [1.29, 1.82) is 0 Å². The zero-order valence-electron chi connectivity index (χ0n) is 17.2. The van der Waals surface area contributed by atoms with Crippen LogP contribution in [0.4, 0.5) is 5.69 Å². The van der Waals surface area contributed by atoms with Crippen molar-refractivity contribution in [3.63, 3.8) is 0 Å². The molecule has 1 N–H and O–H groups in total. The maximum atomic E-state index is 13.0. The van der Waals surface area contributed by atoms with Gasteiger partial charge in [-0.15, -0.1) is 0 Å². The molecular weight excluding hydrogens is 388 g/mol. The summed E-state index contributed by atoms with van der Waals surface area (Å²) in [5.74, 6) is 1.21. The Morgan fingerprint density at radius 3 is 2.83 bits per heavy atom. The Morgan fingerprint density at radius 2 is 2.10 bits per heavy atom. The van der Waals surface area contributed by atoms with Crippen LogP contribution in [0.25, 0.3) is 0 Å². The number of carbonyl (C=O) groups is 2. The van der Waals surface area contributed by atoms with Crippen molar-refractivity contribution < 1.29 is 23.8 Å². The van der Waals surface area contributed by atoms with E-state index in [0.717, 1.165) is 5.82 Å². The number of hydrogen-bond donors (Lipinski definition) is 1. The van der Waals surface area contributed by atoms with Gasteiger partial charge in [0.05, 0.1) is 13.7 Å². The molecule has 2 aliphatic heterocycles. The first-order chi connectivity index (χ1) is 14.5. The molecule has 1 atom stereocenters. The fourth-order valence-corrected chi connectivity index (χ4v) is 4.13. The minimum absolute atomic E-state index is 0.0428. The summed E-state index contributed by atoms with van der Waals surface area (Å²) in [6.45, 7) is 1.51. The van der Waals surface area contributed by atoms with Gasteiger partial charge in [-0.05, 0) is 12.1 Å². The number of nitrogens with zero attached hydrogens (tertiary/aromatic N) is 3. The molecule has 2 amide bonds. The molecule has 0 aliphatic carbocycles. The van der Waals surface area contributed by atoms with Crippen LogP contribution in [0.1, 0.15) is 18.7 Å². The van der Waals surface area contributed by atoms with E-state index in [2.05, 4.69) is 10.3 Å². The first kappa shape index (κ1) is 20.4. The number of rotatable bonds is 5. The van der Waals surface area contributed by atoms with Crippen LogP contribution in [0.3, 0.4) is 0 Å². The predicted molar refractivity (Wildman–Crippen MR) is 108 cm³/mol. The van der Waals surface area contributed by atoms with Gasteiger partial charge in [0.2, 0.25) is 5.91 Å². The van der Waals surface area contributed by atoms with E-state index in [-0.39, 0.29) is 18.4 Å². The summed E-state index contributed by atoms with van der Waals surface area (Å²) < 4.78 is 18.5. The molecule has 1 aromatic carbocycles. The third-order valence-corrected chi connectivity index (χ3v) is 5.67. The Bertz CT molecular complexity index is 920. The standard InChI is InChI=1S/C21H26N4O5/c1-28-14-18(26)24-9-6-21(7-10-24)20-22-8-11-25(20)13-17(30-21)19(27)23-15-4-3-5-16(12-15)29-2/h3-5,8,11-12,17H,6-7,9-10,13-14H2,1-2H3,(H,23,27)/t17-/m0/s1. The van der Waals surface area contributed by atoms with E-state index < -0.39 is 11.7 Å². The number of carbonyl (C=O) groups excluding carboxylic acids is 2. The lowest BCUT2D eigenvalue weighted by Crippen LogP contribution is -2.54. The number of amides is 2. The second-order valence-electron chi connectivity index (χ2n) is 7.54. The number of imidazole rings is 1. The molecule has 1 saturated heterocycles. The van der Waals surface area contributed by atoms with Crippen molar-refractivity contribution >= 4 is 17.5 Å². The van der Waals surface area contributed by atoms with Crippen LogP contribution in [0.15, 0.2) is 36.7 Å². The zero-order valence-corrected chi connectivity index (χ0v) is 17.2. The zero-order chi connectivity index (χ0) is 21.1. The Hall–Kier alpha value is -2.91. The molecule has 0 saturated carbocycles. The third-order valence-electron chi connectivity index (χ3n) is 5.67. The first-order valence-corrected chi connectivity index (χ1v) is 9.96. The first-order valence-electron chi connectivity index (χ1n) is 9.96. The highest BCUT2D eigenvalue weighted by Crippen LogP contribution is 2.40. The largest absolute Gasteiger partial charge is 0.497 e. The van der Waals surface area contributed by atoms with Gasteiger partial charge in [-0.1, -0.05) is 6.07 Å². The van der Waals surface area contributed by atoms with Gasteiger partial charge in [0, 0.05) is 57.2 Å². The number of methoxy groups -OCH3 is 2. The van der Waals surface area contributed by atoms with Crippen molar-refractivity contribution in [3.05, 3.63) is 42.5 Å². The van der Waals surface area contributed by atoms with E-state index in [9.17, 15) is 9.59 Å². The number of ether oxygens (including phenoxy) is 3. The van der Waals surface area contributed by atoms with Gasteiger partial charge in [-0.2, -0.15) is 0 Å². The van der Waals surface area contributed by atoms with Gasteiger partial charge >= 0.3 is 0 Å². The molecule has 3 heterocycles. The summed E-state index contributed by atoms with van der Waals surface area (Å²) in [5, 5.41) is 2.92. The molecule has 0 unspecified atom stereocenters. The summed E-state index contributed by atoms with van der Waals surface area (Å²) in [5.41, 5.74) is -0.0458. The Kier molecular flexibility index (Phi) is 5.74. The minimum Gasteiger partial charge on any atom is -0.497 e. The van der Waals surface area contributed by atoms with E-state index in [4.69, 9.17) is 14.2 Å². The highest BCUT2D eigenvalue weighted by molar-refractivity contribution is 5.94. The van der Waals surface area contributed by atoms with E-state index in [1.807, 2.05) is 29.0 Å². The molecule has 1 aromatic heterocycles. The van der Waals surface area contributed by atoms with Crippen LogP contribution in [0.5, 0.6) is 5.75 Å². The maximum absolute atomic E-state index is 13.0. The number of anilines is 1. The highest BCUT2D eigenvalue weighted by Gasteiger charge is 2.47. The number of hydrogen-bond acceptors (Lipinski definition) is 6. The predicted octanol–water partition coefficient (Wildman–Crippen LogP) is 1.39. The molecule has 9 nitrogen and oxygen atoms in total. The minimum atomic E-state index is -0.692. The average molecular weight is 414 g/mol. The molecule has 9 heteroatoms. The van der Waals surface area contributed by atoms with Crippen molar-refractivity contribution in [2.24, 2.45) is 0 Å². The SMILES string of the molecule is COCC(=O)N1CCC2(CC1)O[C@H](C(=O)Nc1cccc(OC)c1)Cn1ccnc12. The van der Waals surface area contributed by atoms with Gasteiger partial charge in [-0.25, -0.2) is 4.98 Å². The second kappa shape index (κ2) is 8.45. The molecule has 0 bridgehead atoms. The number of piperidine rings is 1. The summed E-state index contributed by atoms with van der Waals surface area (Å²) in [7, 11) is 3.09. The van der Waals surface area contributed by atoms with Crippen LogP contribution >= 0.6 is 0 Å². The normalized spacial score (nSPS) is 19.9. The number of benzene rings is 1. The van der Waals surface area contributed by atoms with Gasteiger partial charge in [0.15, 0.2) is 6.10 Å². The maximum Gasteiger partial charge on any atom is 0.255 e. The lowest BCUT2D eigenvalue weighted by Gasteiger charge is -2.45. The molecule has 1 fully saturated rings. The lowest BCUT2D eigenvalue weighted by molar-refractivity contribution is -0.173. The Balaban J connectivity index is 1.50. The number of likely N-dealkylation sites (tertiary alicyclic amines) is 1. The molecule has 2 aliphatic rings. The molecule has 1 spiro atoms. The highest BCUT2D eigenvalue weighted by atomic mass is 16.5. The van der Waals surface area contributed by atoms with Gasteiger partial charge in [0.1, 0.15) is 23.8 Å². The fourth-order valence-electron chi connectivity index (χ4n) is 4.13. The summed E-state index contributed by atoms with van der Waals surface area (Å²) in [4.78, 5) is 31.4. The van der Waals surface area contributed by atoms with Gasteiger partial charge in [-0.3, -0.25) is 9.59 Å². The van der Waals surface area contributed by atoms with Crippen LogP contribution in [0.2, 0.25) is 0 Å². The van der Waals surface area contributed by atoms with Crippen LogP contribution in [0, 0.1) is 0 Å². The summed E-state index contributed by atoms with van der Waals surface area (Å²) >= 11 is 0. The second-order valence-corrected chi connectivity index (χ2v) is 7.54. The van der Waals surface area contributed by atoms with E-state index >= 15 is 0 Å². The van der Waals surface area contributed by atoms with Crippen LogP contribution in [-0.2, 0) is 31.2 Å². The molecule has 2 aromatic rings. The van der Waals surface area contributed by atoms with Crippen molar-refractivity contribution in [2.45, 2.75) is 31.1 Å². The Labute approximate surface area is 174 Å². The quantitative estimate of drug-likeness (QED) is 0.795. The van der Waals surface area contributed by atoms with Crippen molar-refractivity contribution in [3.8, 4) is 5.75 Å². The van der Waals surface area contributed by atoms with Gasteiger partial charge < -0.3 is 29.0 Å². The summed E-state index contributed by atoms with van der Waals surface area (Å²) in [6.07, 6.45) is 4.07. The summed E-state index contributed by atoms with van der Waals surface area (Å²) in [6, 6.07) is 7.21. The average Bonchev–Trinajstić information content (AvgIpc) is 3.24. The molecule has 30 heavy (non-hydrogen) atoms. The smallest absolute Gasteiger partial charge is 0.255 e. The molecular formula is C21H26N4O5. The van der Waals surface area contributed by atoms with E-state index in [1.54, 1.807) is 24.3 Å². The van der Waals surface area contributed by atoms with Crippen LogP contribution in [-0.4, -0.2) is 66.3 Å². The monoisotopic (exact) mass is 414 g/mol. The van der Waals surface area contributed by atoms with Crippen molar-refractivity contribution in [1.82, 2.24) is 14.5 Å². The molecule has 0 radical (unpaired) electrons. The lowest BCUT2D eigenvalue weighted by atomic mass is 9.88. The van der Waals surface area contributed by atoms with Gasteiger partial charge in [0.25, 0.3) is 5.91 Å². The van der Waals surface area contributed by atoms with Crippen molar-refractivity contribution in [2.75, 3.05) is 39.2 Å². The third kappa shape index (κ3) is 3.90. The van der Waals surface area contributed by atoms with E-state index in [0.29, 0.717) is 43.9 Å². The van der Waals surface area contributed by atoms with Crippen LogP contribution < -0.4 is 10.1 Å². The number of aromatic nitrogens is 2. The number of fused-ring (bicyclic) bond motifs is 2. The van der Waals surface area contributed by atoms with E-state index in [1.165, 1.54) is 7.11 Å². The topological polar surface area (TPSA) is 94.9 Å². The molecule has 160 valence electrons. The Morgan fingerprint density at radius 1 is 1.30 bits per heavy atom. The molecule has 4 rings (SSSR count).